The van der Waals surface area contributed by atoms with Crippen molar-refractivity contribution in [2.75, 3.05) is 5.32 Å². The van der Waals surface area contributed by atoms with Crippen molar-refractivity contribution < 1.29 is 4.79 Å². The van der Waals surface area contributed by atoms with Crippen molar-refractivity contribution in [1.82, 2.24) is 0 Å². The Morgan fingerprint density at radius 3 is 2.71 bits per heavy atom. The van der Waals surface area contributed by atoms with Gasteiger partial charge in [-0.1, -0.05) is 36.8 Å². The second-order valence-corrected chi connectivity index (χ2v) is 4.70. The van der Waals surface area contributed by atoms with E-state index in [1.54, 1.807) is 12.1 Å². The van der Waals surface area contributed by atoms with E-state index >= 15 is 0 Å². The van der Waals surface area contributed by atoms with Gasteiger partial charge in [0.15, 0.2) is 0 Å². The van der Waals surface area contributed by atoms with E-state index in [0.29, 0.717) is 17.1 Å². The quantitative estimate of drug-likeness (QED) is 0.827. The van der Waals surface area contributed by atoms with Crippen molar-refractivity contribution in [2.45, 2.75) is 20.3 Å². The topological polar surface area (TPSA) is 55.1 Å². The maximum absolute atomic E-state index is 11.9. The Labute approximate surface area is 111 Å². The Kier molecular flexibility index (Phi) is 4.90. The van der Waals surface area contributed by atoms with E-state index in [2.05, 4.69) is 5.32 Å². The van der Waals surface area contributed by atoms with Crippen LogP contribution in [0.15, 0.2) is 18.2 Å². The Morgan fingerprint density at radius 1 is 1.59 bits per heavy atom. The molecule has 0 radical (unpaired) electrons. The third-order valence-corrected chi connectivity index (χ3v) is 3.20. The van der Waals surface area contributed by atoms with E-state index in [0.717, 1.165) is 5.56 Å². The molecule has 1 aromatic rings. The maximum Gasteiger partial charge on any atom is 0.234 e. The molecular formula is C12H15ClN2OS. The van der Waals surface area contributed by atoms with Gasteiger partial charge in [0.25, 0.3) is 0 Å². The number of carbonyl (C=O) groups excluding carboxylic acids is 1. The van der Waals surface area contributed by atoms with Gasteiger partial charge >= 0.3 is 0 Å². The van der Waals surface area contributed by atoms with Crippen LogP contribution < -0.4 is 11.1 Å². The molecule has 5 heteroatoms. The molecule has 0 saturated carbocycles. The Hall–Kier alpha value is -1.13. The van der Waals surface area contributed by atoms with Crippen LogP contribution in [0.2, 0.25) is 5.02 Å². The lowest BCUT2D eigenvalue weighted by Crippen LogP contribution is -2.32. The first kappa shape index (κ1) is 13.9. The molecule has 0 fully saturated rings. The van der Waals surface area contributed by atoms with Gasteiger partial charge in [-0.3, -0.25) is 4.79 Å². The van der Waals surface area contributed by atoms with Crippen LogP contribution in [0.5, 0.6) is 0 Å². The molecule has 0 aliphatic carbocycles. The molecule has 0 heterocycles. The summed E-state index contributed by atoms with van der Waals surface area (Å²) >= 11 is 10.8. The first-order valence-corrected chi connectivity index (χ1v) is 6.10. The van der Waals surface area contributed by atoms with E-state index in [9.17, 15) is 4.79 Å². The molecule has 1 atom stereocenters. The number of hydrogen-bond donors (Lipinski definition) is 2. The Morgan fingerprint density at radius 2 is 2.24 bits per heavy atom. The van der Waals surface area contributed by atoms with E-state index in [1.807, 2.05) is 19.9 Å². The highest BCUT2D eigenvalue weighted by Crippen LogP contribution is 2.20. The average molecular weight is 271 g/mol. The van der Waals surface area contributed by atoms with Crippen molar-refractivity contribution in [3.63, 3.8) is 0 Å². The highest BCUT2D eigenvalue weighted by Gasteiger charge is 2.19. The summed E-state index contributed by atoms with van der Waals surface area (Å²) in [6.07, 6.45) is 0.584. The Bertz CT molecular complexity index is 448. The molecule has 0 bridgehead atoms. The van der Waals surface area contributed by atoms with Gasteiger partial charge in [-0.25, -0.2) is 0 Å². The normalized spacial score (nSPS) is 11.9. The fourth-order valence-electron chi connectivity index (χ4n) is 1.42. The number of hydrogen-bond acceptors (Lipinski definition) is 2. The molecule has 92 valence electrons. The number of aryl methyl sites for hydroxylation is 1. The summed E-state index contributed by atoms with van der Waals surface area (Å²) in [5.74, 6) is -0.634. The van der Waals surface area contributed by atoms with Gasteiger partial charge in [0, 0.05) is 10.7 Å². The lowest BCUT2D eigenvalue weighted by molar-refractivity contribution is -0.118. The minimum absolute atomic E-state index is 0.195. The number of carbonyl (C=O) groups is 1. The van der Waals surface area contributed by atoms with Gasteiger partial charge in [0.05, 0.1) is 10.9 Å². The van der Waals surface area contributed by atoms with Gasteiger partial charge in [0.1, 0.15) is 0 Å². The van der Waals surface area contributed by atoms with Crippen LogP contribution in [0.1, 0.15) is 18.9 Å². The lowest BCUT2D eigenvalue weighted by atomic mass is 10.1. The van der Waals surface area contributed by atoms with Crippen LogP contribution >= 0.6 is 23.8 Å². The smallest absolute Gasteiger partial charge is 0.234 e. The zero-order valence-corrected chi connectivity index (χ0v) is 11.4. The first-order chi connectivity index (χ1) is 7.95. The van der Waals surface area contributed by atoms with Crippen LogP contribution in [0, 0.1) is 12.8 Å². The van der Waals surface area contributed by atoms with E-state index in [4.69, 9.17) is 29.6 Å². The zero-order chi connectivity index (χ0) is 13.0. The third kappa shape index (κ3) is 3.68. The Balaban J connectivity index is 2.80. The SMILES string of the molecule is CCC(C(=O)Nc1ccc(C)c(Cl)c1)C(N)=S. The molecule has 3 nitrogen and oxygen atoms in total. The molecule has 3 N–H and O–H groups in total. The number of benzene rings is 1. The van der Waals surface area contributed by atoms with E-state index in [1.165, 1.54) is 0 Å². The van der Waals surface area contributed by atoms with Crippen LogP contribution in [0.4, 0.5) is 5.69 Å². The number of thiocarbonyl (C=S) groups is 1. The van der Waals surface area contributed by atoms with Crippen LogP contribution in [-0.2, 0) is 4.79 Å². The number of halogens is 1. The molecule has 1 unspecified atom stereocenters. The molecule has 0 aliphatic rings. The highest BCUT2D eigenvalue weighted by atomic mass is 35.5. The fraction of sp³-hybridized carbons (Fsp3) is 0.333. The largest absolute Gasteiger partial charge is 0.393 e. The minimum atomic E-state index is -0.440. The van der Waals surface area contributed by atoms with Crippen LogP contribution in [0.25, 0.3) is 0 Å². The molecule has 1 amide bonds. The van der Waals surface area contributed by atoms with Gasteiger partial charge in [-0.2, -0.15) is 0 Å². The van der Waals surface area contributed by atoms with Crippen molar-refractivity contribution in [3.05, 3.63) is 28.8 Å². The zero-order valence-electron chi connectivity index (χ0n) is 9.79. The van der Waals surface area contributed by atoms with E-state index in [-0.39, 0.29) is 10.9 Å². The highest BCUT2D eigenvalue weighted by molar-refractivity contribution is 7.80. The second-order valence-electron chi connectivity index (χ2n) is 3.82. The molecule has 0 spiro atoms. The third-order valence-electron chi connectivity index (χ3n) is 2.51. The summed E-state index contributed by atoms with van der Waals surface area (Å²) < 4.78 is 0. The van der Waals surface area contributed by atoms with Crippen molar-refractivity contribution in [1.29, 1.82) is 0 Å². The number of anilines is 1. The van der Waals surface area contributed by atoms with Gasteiger partial charge in [-0.05, 0) is 31.0 Å². The molecule has 1 aromatic carbocycles. The monoisotopic (exact) mass is 270 g/mol. The van der Waals surface area contributed by atoms with E-state index < -0.39 is 5.92 Å². The van der Waals surface area contributed by atoms with Crippen molar-refractivity contribution in [3.8, 4) is 0 Å². The van der Waals surface area contributed by atoms with Gasteiger partial charge in [-0.15, -0.1) is 0 Å². The number of nitrogens with two attached hydrogens (primary N) is 1. The molecule has 17 heavy (non-hydrogen) atoms. The molecule has 0 saturated heterocycles. The summed E-state index contributed by atoms with van der Waals surface area (Å²) in [6.45, 7) is 3.77. The van der Waals surface area contributed by atoms with Crippen LogP contribution in [0.3, 0.4) is 0 Å². The van der Waals surface area contributed by atoms with Gasteiger partial charge in [0.2, 0.25) is 5.91 Å². The van der Waals surface area contributed by atoms with Gasteiger partial charge < -0.3 is 11.1 Å². The number of rotatable bonds is 4. The molecular weight excluding hydrogens is 256 g/mol. The summed E-state index contributed by atoms with van der Waals surface area (Å²) in [5, 5.41) is 3.37. The predicted octanol–water partition coefficient (Wildman–Crippen LogP) is 2.90. The number of amides is 1. The molecule has 1 rings (SSSR count). The first-order valence-electron chi connectivity index (χ1n) is 5.32. The molecule has 0 aromatic heterocycles. The molecule has 0 aliphatic heterocycles. The standard InChI is InChI=1S/C12H15ClN2OS/c1-3-9(11(14)17)12(16)15-8-5-4-7(2)10(13)6-8/h4-6,9H,3H2,1-2H3,(H2,14,17)(H,15,16). The van der Waals surface area contributed by atoms with Crippen molar-refractivity contribution >= 4 is 40.4 Å². The summed E-state index contributed by atoms with van der Waals surface area (Å²) in [7, 11) is 0. The summed E-state index contributed by atoms with van der Waals surface area (Å²) in [5.41, 5.74) is 7.12. The summed E-state index contributed by atoms with van der Waals surface area (Å²) in [6, 6.07) is 5.35. The summed E-state index contributed by atoms with van der Waals surface area (Å²) in [4.78, 5) is 12.1. The average Bonchev–Trinajstić information content (AvgIpc) is 2.24. The number of nitrogens with one attached hydrogen (secondary N) is 1. The lowest BCUT2D eigenvalue weighted by Gasteiger charge is -2.13. The fourth-order valence-corrected chi connectivity index (χ4v) is 1.87. The van der Waals surface area contributed by atoms with Crippen molar-refractivity contribution in [2.24, 2.45) is 11.7 Å². The maximum atomic E-state index is 11.9. The van der Waals surface area contributed by atoms with Crippen LogP contribution in [-0.4, -0.2) is 10.9 Å². The second kappa shape index (κ2) is 5.98. The predicted molar refractivity (Wildman–Crippen MR) is 75.4 cm³/mol. The minimum Gasteiger partial charge on any atom is -0.393 e.